The van der Waals surface area contributed by atoms with Crippen molar-refractivity contribution in [3.05, 3.63) is 23.8 Å². The zero-order chi connectivity index (χ0) is 16.9. The van der Waals surface area contributed by atoms with E-state index in [0.29, 0.717) is 11.3 Å². The zero-order valence-electron chi connectivity index (χ0n) is 14.0. The van der Waals surface area contributed by atoms with Crippen LogP contribution in [-0.4, -0.2) is 36.2 Å². The van der Waals surface area contributed by atoms with Crippen molar-refractivity contribution in [2.45, 2.75) is 50.3 Å². The highest BCUT2D eigenvalue weighted by atomic mass is 32.2. The van der Waals surface area contributed by atoms with Gasteiger partial charge >= 0.3 is 6.09 Å². The molecule has 6 heteroatoms. The third-order valence-electron chi connectivity index (χ3n) is 2.97. The van der Waals surface area contributed by atoms with E-state index in [1.54, 1.807) is 52.6 Å². The number of hydrogen-bond acceptors (Lipinski definition) is 5. The molecule has 22 heavy (non-hydrogen) atoms. The van der Waals surface area contributed by atoms with Crippen LogP contribution in [0.2, 0.25) is 0 Å². The van der Waals surface area contributed by atoms with E-state index in [2.05, 4.69) is 5.32 Å². The van der Waals surface area contributed by atoms with Gasteiger partial charge < -0.3 is 19.9 Å². The minimum Gasteiger partial charge on any atom is -0.496 e. The number of thioether (sulfide) groups is 1. The number of hydrogen-bond donors (Lipinski definition) is 2. The van der Waals surface area contributed by atoms with Gasteiger partial charge in [0.1, 0.15) is 11.4 Å². The molecule has 0 saturated heterocycles. The Hall–Kier alpha value is -1.40. The van der Waals surface area contributed by atoms with Gasteiger partial charge in [0.15, 0.2) is 0 Å². The van der Waals surface area contributed by atoms with E-state index in [-0.39, 0.29) is 0 Å². The summed E-state index contributed by atoms with van der Waals surface area (Å²) in [5, 5.41) is 13.0. The highest BCUT2D eigenvalue weighted by molar-refractivity contribution is 7.98. The quantitative estimate of drug-likeness (QED) is 0.812. The van der Waals surface area contributed by atoms with Crippen LogP contribution in [0.25, 0.3) is 0 Å². The monoisotopic (exact) mass is 327 g/mol. The van der Waals surface area contributed by atoms with Crippen molar-refractivity contribution in [1.29, 1.82) is 0 Å². The van der Waals surface area contributed by atoms with Crippen LogP contribution in [0.15, 0.2) is 23.1 Å². The fourth-order valence-corrected chi connectivity index (χ4v) is 2.45. The Balaban J connectivity index is 2.78. The van der Waals surface area contributed by atoms with Crippen molar-refractivity contribution in [2.75, 3.05) is 13.4 Å². The lowest BCUT2D eigenvalue weighted by Gasteiger charge is -2.24. The molecule has 2 atom stereocenters. The Morgan fingerprint density at radius 1 is 1.36 bits per heavy atom. The van der Waals surface area contributed by atoms with Crippen LogP contribution < -0.4 is 10.1 Å². The molecule has 124 valence electrons. The summed E-state index contributed by atoms with van der Waals surface area (Å²) >= 11 is 1.57. The van der Waals surface area contributed by atoms with Crippen molar-refractivity contribution >= 4 is 17.9 Å². The summed E-state index contributed by atoms with van der Waals surface area (Å²) in [6.07, 6.45) is 0.560. The molecule has 0 bridgehead atoms. The molecule has 1 rings (SSSR count). The van der Waals surface area contributed by atoms with E-state index in [0.717, 1.165) is 4.90 Å². The average molecular weight is 327 g/mol. The number of benzene rings is 1. The number of rotatable bonds is 5. The number of amides is 1. The van der Waals surface area contributed by atoms with Gasteiger partial charge in [-0.25, -0.2) is 4.79 Å². The molecule has 0 aliphatic carbocycles. The number of methoxy groups -OCH3 is 1. The largest absolute Gasteiger partial charge is 0.496 e. The van der Waals surface area contributed by atoms with Gasteiger partial charge in [-0.15, -0.1) is 11.8 Å². The third kappa shape index (κ3) is 5.42. The standard InChI is InChI=1S/C16H25NO4S/c1-10(17-15(19)21-16(2,3)4)14(18)11-7-8-13(22-6)12(9-11)20-5/h7-10,14,18H,1-6H3,(H,17,19). The van der Waals surface area contributed by atoms with E-state index >= 15 is 0 Å². The lowest BCUT2D eigenvalue weighted by molar-refractivity contribution is 0.0435. The van der Waals surface area contributed by atoms with E-state index in [1.807, 2.05) is 18.4 Å². The number of aliphatic hydroxyl groups excluding tert-OH is 1. The fraction of sp³-hybridized carbons (Fsp3) is 0.562. The first-order valence-corrected chi connectivity index (χ1v) is 8.30. The van der Waals surface area contributed by atoms with E-state index in [1.165, 1.54) is 0 Å². The molecule has 1 aromatic carbocycles. The van der Waals surface area contributed by atoms with Crippen LogP contribution in [-0.2, 0) is 4.74 Å². The van der Waals surface area contributed by atoms with Crippen LogP contribution >= 0.6 is 11.8 Å². The number of alkyl carbamates (subject to hydrolysis) is 1. The molecule has 0 aliphatic rings. The molecule has 0 aromatic heterocycles. The Bertz CT molecular complexity index is 513. The molecular formula is C16H25NO4S. The summed E-state index contributed by atoms with van der Waals surface area (Å²) in [7, 11) is 1.59. The van der Waals surface area contributed by atoms with E-state index in [9.17, 15) is 9.90 Å². The Kier molecular flexibility index (Phi) is 6.56. The van der Waals surface area contributed by atoms with Gasteiger partial charge in [-0.05, 0) is 51.6 Å². The van der Waals surface area contributed by atoms with Crippen LogP contribution in [0, 0.1) is 0 Å². The van der Waals surface area contributed by atoms with Crippen LogP contribution in [0.3, 0.4) is 0 Å². The van der Waals surface area contributed by atoms with Gasteiger partial charge in [0, 0.05) is 4.90 Å². The Labute approximate surface area is 136 Å². The normalized spacial score (nSPS) is 14.1. The predicted molar refractivity (Wildman–Crippen MR) is 88.6 cm³/mol. The molecule has 0 heterocycles. The molecule has 0 saturated carbocycles. The van der Waals surface area contributed by atoms with Crippen LogP contribution in [0.4, 0.5) is 4.79 Å². The van der Waals surface area contributed by atoms with Crippen molar-refractivity contribution in [2.24, 2.45) is 0 Å². The average Bonchev–Trinajstić information content (AvgIpc) is 2.43. The number of ether oxygens (including phenoxy) is 2. The number of carbonyl (C=O) groups is 1. The minimum atomic E-state index is -0.850. The van der Waals surface area contributed by atoms with Crippen LogP contribution in [0.1, 0.15) is 39.4 Å². The second kappa shape index (κ2) is 7.74. The summed E-state index contributed by atoms with van der Waals surface area (Å²) < 4.78 is 10.5. The molecule has 1 amide bonds. The SMILES string of the molecule is COc1cc(C(O)C(C)NC(=O)OC(C)(C)C)ccc1SC. The van der Waals surface area contributed by atoms with Crippen molar-refractivity contribution in [3.8, 4) is 5.75 Å². The summed E-state index contributed by atoms with van der Waals surface area (Å²) in [6.45, 7) is 7.10. The number of carbonyl (C=O) groups excluding carboxylic acids is 1. The van der Waals surface area contributed by atoms with Gasteiger partial charge in [-0.3, -0.25) is 0 Å². The number of nitrogens with one attached hydrogen (secondary N) is 1. The van der Waals surface area contributed by atoms with Crippen molar-refractivity contribution < 1.29 is 19.4 Å². The van der Waals surface area contributed by atoms with Gasteiger partial charge in [0.2, 0.25) is 0 Å². The second-order valence-electron chi connectivity index (χ2n) is 5.99. The molecule has 5 nitrogen and oxygen atoms in total. The summed E-state index contributed by atoms with van der Waals surface area (Å²) in [5.74, 6) is 0.702. The highest BCUT2D eigenvalue weighted by Crippen LogP contribution is 2.31. The van der Waals surface area contributed by atoms with Gasteiger partial charge in [-0.1, -0.05) is 6.07 Å². The Morgan fingerprint density at radius 2 is 2.00 bits per heavy atom. The molecule has 0 spiro atoms. The lowest BCUT2D eigenvalue weighted by Crippen LogP contribution is -2.40. The molecule has 1 aromatic rings. The molecule has 0 aliphatic heterocycles. The second-order valence-corrected chi connectivity index (χ2v) is 6.84. The van der Waals surface area contributed by atoms with Crippen molar-refractivity contribution in [1.82, 2.24) is 5.32 Å². The first-order chi connectivity index (χ1) is 10.2. The zero-order valence-corrected chi connectivity index (χ0v) is 14.8. The smallest absolute Gasteiger partial charge is 0.407 e. The summed E-state index contributed by atoms with van der Waals surface area (Å²) in [5.41, 5.74) is 0.107. The van der Waals surface area contributed by atoms with E-state index < -0.39 is 23.8 Å². The summed E-state index contributed by atoms with van der Waals surface area (Å²) in [4.78, 5) is 12.7. The third-order valence-corrected chi connectivity index (χ3v) is 3.74. The summed E-state index contributed by atoms with van der Waals surface area (Å²) in [6, 6.07) is 5.01. The molecule has 0 radical (unpaired) electrons. The maximum absolute atomic E-state index is 11.8. The lowest BCUT2D eigenvalue weighted by atomic mass is 10.0. The highest BCUT2D eigenvalue weighted by Gasteiger charge is 2.23. The van der Waals surface area contributed by atoms with Gasteiger partial charge in [0.05, 0.1) is 19.3 Å². The maximum atomic E-state index is 11.8. The topological polar surface area (TPSA) is 67.8 Å². The maximum Gasteiger partial charge on any atom is 0.407 e. The molecule has 0 fully saturated rings. The molecule has 2 N–H and O–H groups in total. The molecule has 2 unspecified atom stereocenters. The first-order valence-electron chi connectivity index (χ1n) is 7.07. The van der Waals surface area contributed by atoms with Gasteiger partial charge in [-0.2, -0.15) is 0 Å². The van der Waals surface area contributed by atoms with Crippen LogP contribution in [0.5, 0.6) is 5.75 Å². The first kappa shape index (κ1) is 18.6. The predicted octanol–water partition coefficient (Wildman–Crippen LogP) is 3.36. The van der Waals surface area contributed by atoms with Gasteiger partial charge in [0.25, 0.3) is 0 Å². The van der Waals surface area contributed by atoms with E-state index in [4.69, 9.17) is 9.47 Å². The number of aliphatic hydroxyl groups is 1. The minimum absolute atomic E-state index is 0.486. The Morgan fingerprint density at radius 3 is 2.50 bits per heavy atom. The fourth-order valence-electron chi connectivity index (χ4n) is 1.90. The van der Waals surface area contributed by atoms with Crippen molar-refractivity contribution in [3.63, 3.8) is 0 Å². The molecular weight excluding hydrogens is 302 g/mol.